The number of benzene rings is 1. The number of halogens is 2. The lowest BCUT2D eigenvalue weighted by Crippen LogP contribution is -2.53. The van der Waals surface area contributed by atoms with Gasteiger partial charge >= 0.3 is 6.03 Å². The van der Waals surface area contributed by atoms with Gasteiger partial charge in [0.2, 0.25) is 10.0 Å². The fourth-order valence-corrected chi connectivity index (χ4v) is 5.20. The summed E-state index contributed by atoms with van der Waals surface area (Å²) in [5.74, 6) is 0. The van der Waals surface area contributed by atoms with E-state index in [0.717, 1.165) is 25.9 Å². The van der Waals surface area contributed by atoms with Crippen LogP contribution in [-0.4, -0.2) is 67.8 Å². The number of rotatable bonds is 2. The number of sulfonamides is 1. The van der Waals surface area contributed by atoms with Crippen molar-refractivity contribution in [3.63, 3.8) is 0 Å². The summed E-state index contributed by atoms with van der Waals surface area (Å²) in [6.45, 7) is 2.85. The maximum Gasteiger partial charge on any atom is 0.320 e. The van der Waals surface area contributed by atoms with Crippen LogP contribution in [0.15, 0.2) is 23.1 Å². The van der Waals surface area contributed by atoms with E-state index in [9.17, 15) is 13.2 Å². The second-order valence-corrected chi connectivity index (χ2v) is 8.69. The van der Waals surface area contributed by atoms with Crippen molar-refractivity contribution in [2.45, 2.75) is 17.7 Å². The van der Waals surface area contributed by atoms with Crippen molar-refractivity contribution in [1.29, 1.82) is 0 Å². The van der Waals surface area contributed by atoms with Gasteiger partial charge in [-0.2, -0.15) is 4.31 Å². The first-order valence-corrected chi connectivity index (χ1v) is 10.1. The molecule has 2 aliphatic heterocycles. The molecule has 0 unspecified atom stereocenters. The Labute approximate surface area is 152 Å². The summed E-state index contributed by atoms with van der Waals surface area (Å²) < 4.78 is 26.9. The molecule has 0 atom stereocenters. The molecular weight excluding hydrogens is 373 g/mol. The summed E-state index contributed by atoms with van der Waals surface area (Å²) >= 11 is 11.9. The Balaban J connectivity index is 1.69. The van der Waals surface area contributed by atoms with Crippen LogP contribution in [0.4, 0.5) is 4.79 Å². The van der Waals surface area contributed by atoms with Crippen molar-refractivity contribution < 1.29 is 13.2 Å². The fraction of sp³-hybridized carbons (Fsp3) is 0.533. The van der Waals surface area contributed by atoms with E-state index in [4.69, 9.17) is 23.2 Å². The lowest BCUT2D eigenvalue weighted by molar-refractivity contribution is 0.142. The molecule has 0 radical (unpaired) electrons. The van der Waals surface area contributed by atoms with Crippen molar-refractivity contribution >= 4 is 39.3 Å². The number of hydrogen-bond donors (Lipinski definition) is 0. The van der Waals surface area contributed by atoms with E-state index in [1.165, 1.54) is 16.4 Å². The molecule has 0 bridgehead atoms. The molecule has 0 N–H and O–H groups in total. The summed E-state index contributed by atoms with van der Waals surface area (Å²) in [5, 5.41) is 0.468. The monoisotopic (exact) mass is 391 g/mol. The number of piperazine rings is 1. The quantitative estimate of drug-likeness (QED) is 0.777. The average Bonchev–Trinajstić information content (AvgIpc) is 3.11. The van der Waals surface area contributed by atoms with Crippen LogP contribution in [-0.2, 0) is 10.0 Å². The molecule has 24 heavy (non-hydrogen) atoms. The number of nitrogens with zero attached hydrogens (tertiary/aromatic N) is 3. The Hall–Kier alpha value is -1.02. The standard InChI is InChI=1S/C15H19Cl2N3O3S/c16-12-3-4-13(17)14(11-12)24(22,23)20-9-7-19(8-10-20)15(21)18-5-1-2-6-18/h3-4,11H,1-2,5-10H2. The van der Waals surface area contributed by atoms with E-state index >= 15 is 0 Å². The Kier molecular flexibility index (Phi) is 5.24. The van der Waals surface area contributed by atoms with Gasteiger partial charge in [-0.1, -0.05) is 23.2 Å². The number of amides is 2. The van der Waals surface area contributed by atoms with E-state index in [0.29, 0.717) is 18.1 Å². The van der Waals surface area contributed by atoms with Crippen molar-refractivity contribution in [3.05, 3.63) is 28.2 Å². The summed E-state index contributed by atoms with van der Waals surface area (Å²) in [6.07, 6.45) is 2.07. The predicted molar refractivity (Wildman–Crippen MR) is 93.0 cm³/mol. The first-order valence-electron chi connectivity index (χ1n) is 7.88. The summed E-state index contributed by atoms with van der Waals surface area (Å²) in [7, 11) is -3.72. The maximum atomic E-state index is 12.8. The third-order valence-electron chi connectivity index (χ3n) is 4.40. The molecule has 6 nitrogen and oxygen atoms in total. The molecule has 0 spiro atoms. The SMILES string of the molecule is O=C(N1CCCC1)N1CCN(S(=O)(=O)c2cc(Cl)ccc2Cl)CC1. The van der Waals surface area contributed by atoms with E-state index in [2.05, 4.69) is 0 Å². The highest BCUT2D eigenvalue weighted by molar-refractivity contribution is 7.89. The minimum atomic E-state index is -3.72. The van der Waals surface area contributed by atoms with E-state index < -0.39 is 10.0 Å². The van der Waals surface area contributed by atoms with Gasteiger partial charge in [0, 0.05) is 44.3 Å². The number of likely N-dealkylation sites (tertiary alicyclic amines) is 1. The van der Waals surface area contributed by atoms with Crippen LogP contribution in [0.2, 0.25) is 10.0 Å². The smallest absolute Gasteiger partial charge is 0.320 e. The van der Waals surface area contributed by atoms with Crippen molar-refractivity contribution in [1.82, 2.24) is 14.1 Å². The molecule has 2 saturated heterocycles. The Bertz CT molecular complexity index is 727. The molecule has 0 aliphatic carbocycles. The molecule has 3 rings (SSSR count). The molecule has 0 aromatic heterocycles. The zero-order valence-electron chi connectivity index (χ0n) is 13.1. The molecule has 0 saturated carbocycles. The van der Waals surface area contributed by atoms with Crippen molar-refractivity contribution in [2.24, 2.45) is 0 Å². The highest BCUT2D eigenvalue weighted by Gasteiger charge is 2.33. The van der Waals surface area contributed by atoms with Gasteiger partial charge in [0.15, 0.2) is 0 Å². The minimum absolute atomic E-state index is 0.00494. The van der Waals surface area contributed by atoms with E-state index in [1.54, 1.807) is 11.0 Å². The maximum absolute atomic E-state index is 12.8. The Morgan fingerprint density at radius 3 is 2.12 bits per heavy atom. The van der Waals surface area contributed by atoms with Crippen LogP contribution in [0.3, 0.4) is 0 Å². The number of carbonyl (C=O) groups is 1. The summed E-state index contributed by atoms with van der Waals surface area (Å²) in [4.78, 5) is 15.9. The lowest BCUT2D eigenvalue weighted by Gasteiger charge is -2.36. The summed E-state index contributed by atoms with van der Waals surface area (Å²) in [6, 6.07) is 4.39. The third-order valence-corrected chi connectivity index (χ3v) is 7.01. The van der Waals surface area contributed by atoms with Crippen molar-refractivity contribution in [2.75, 3.05) is 39.3 Å². The highest BCUT2D eigenvalue weighted by atomic mass is 35.5. The third kappa shape index (κ3) is 3.49. The van der Waals surface area contributed by atoms with Crippen LogP contribution in [0.5, 0.6) is 0 Å². The van der Waals surface area contributed by atoms with Crippen LogP contribution < -0.4 is 0 Å². The zero-order chi connectivity index (χ0) is 17.3. The predicted octanol–water partition coefficient (Wildman–Crippen LogP) is 2.52. The fourth-order valence-electron chi connectivity index (χ4n) is 3.04. The molecule has 2 heterocycles. The van der Waals surface area contributed by atoms with Gasteiger partial charge in [0.05, 0.1) is 5.02 Å². The van der Waals surface area contributed by atoms with Gasteiger partial charge in [-0.05, 0) is 31.0 Å². The molecule has 2 aliphatic rings. The van der Waals surface area contributed by atoms with Gasteiger partial charge in [0.25, 0.3) is 0 Å². The zero-order valence-corrected chi connectivity index (χ0v) is 15.4. The average molecular weight is 392 g/mol. The Morgan fingerprint density at radius 2 is 1.50 bits per heavy atom. The first kappa shape index (κ1) is 17.8. The second-order valence-electron chi connectivity index (χ2n) is 5.94. The van der Waals surface area contributed by atoms with Crippen LogP contribution in [0, 0.1) is 0 Å². The molecule has 1 aromatic carbocycles. The minimum Gasteiger partial charge on any atom is -0.325 e. The van der Waals surface area contributed by atoms with Crippen LogP contribution in [0.1, 0.15) is 12.8 Å². The molecule has 132 valence electrons. The highest BCUT2D eigenvalue weighted by Crippen LogP contribution is 2.28. The topological polar surface area (TPSA) is 60.9 Å². The molecule has 9 heteroatoms. The van der Waals surface area contributed by atoms with Gasteiger partial charge in [-0.15, -0.1) is 0 Å². The van der Waals surface area contributed by atoms with Gasteiger partial charge in [-0.3, -0.25) is 0 Å². The number of carbonyl (C=O) groups excluding carboxylic acids is 1. The lowest BCUT2D eigenvalue weighted by atomic mass is 10.4. The number of urea groups is 1. The number of hydrogen-bond acceptors (Lipinski definition) is 3. The van der Waals surface area contributed by atoms with Gasteiger partial charge in [0.1, 0.15) is 4.90 Å². The Morgan fingerprint density at radius 1 is 0.917 bits per heavy atom. The van der Waals surface area contributed by atoms with Gasteiger partial charge in [-0.25, -0.2) is 13.2 Å². The largest absolute Gasteiger partial charge is 0.325 e. The first-order chi connectivity index (χ1) is 11.4. The van der Waals surface area contributed by atoms with Gasteiger partial charge < -0.3 is 9.80 Å². The molecule has 2 fully saturated rings. The second kappa shape index (κ2) is 7.07. The summed E-state index contributed by atoms with van der Waals surface area (Å²) in [5.41, 5.74) is 0. The normalized spacial score (nSPS) is 19.8. The van der Waals surface area contributed by atoms with Crippen LogP contribution >= 0.6 is 23.2 Å². The van der Waals surface area contributed by atoms with E-state index in [1.807, 2.05) is 4.90 Å². The molecular formula is C15H19Cl2N3O3S. The van der Waals surface area contributed by atoms with Crippen LogP contribution in [0.25, 0.3) is 0 Å². The molecule has 1 aromatic rings. The molecule has 2 amide bonds. The van der Waals surface area contributed by atoms with E-state index in [-0.39, 0.29) is 29.0 Å². The van der Waals surface area contributed by atoms with Crippen molar-refractivity contribution in [3.8, 4) is 0 Å².